The van der Waals surface area contributed by atoms with E-state index in [4.69, 9.17) is 9.47 Å². The number of benzene rings is 1. The maximum Gasteiger partial charge on any atom is 0.367 e. The second kappa shape index (κ2) is 6.75. The minimum absolute atomic E-state index is 0.273. The average molecular weight is 305 g/mol. The van der Waals surface area contributed by atoms with Crippen LogP contribution in [0.1, 0.15) is 12.5 Å². The second-order valence-electron chi connectivity index (χ2n) is 4.36. The first kappa shape index (κ1) is 15.6. The van der Waals surface area contributed by atoms with Gasteiger partial charge < -0.3 is 19.0 Å². The molecule has 1 aromatic carbocycles. The van der Waals surface area contributed by atoms with Gasteiger partial charge in [0.15, 0.2) is 18.1 Å². The van der Waals surface area contributed by atoms with Crippen molar-refractivity contribution in [3.8, 4) is 11.5 Å². The molecule has 0 spiro atoms. The number of carbonyl (C=O) groups excluding carboxylic acids is 2. The molecule has 0 bridgehead atoms. The van der Waals surface area contributed by atoms with E-state index in [1.165, 1.54) is 14.2 Å². The van der Waals surface area contributed by atoms with Gasteiger partial charge in [0.05, 0.1) is 25.5 Å². The fourth-order valence-corrected chi connectivity index (χ4v) is 1.83. The molecule has 0 amide bonds. The summed E-state index contributed by atoms with van der Waals surface area (Å²) < 4.78 is 15.2. The van der Waals surface area contributed by atoms with Gasteiger partial charge in [-0.3, -0.25) is 0 Å². The van der Waals surface area contributed by atoms with E-state index in [1.807, 2.05) is 0 Å². The third-order valence-corrected chi connectivity index (χ3v) is 2.97. The summed E-state index contributed by atoms with van der Waals surface area (Å²) in [6.07, 6.45) is 1.57. The fourth-order valence-electron chi connectivity index (χ4n) is 1.83. The largest absolute Gasteiger partial charge is 0.493 e. The van der Waals surface area contributed by atoms with Crippen LogP contribution in [0.5, 0.6) is 11.5 Å². The number of methoxy groups -OCH3 is 2. The molecule has 0 aromatic heterocycles. The van der Waals surface area contributed by atoms with Crippen molar-refractivity contribution in [2.45, 2.75) is 6.92 Å². The summed E-state index contributed by atoms with van der Waals surface area (Å²) in [4.78, 5) is 27.5. The Kier molecular flexibility index (Phi) is 4.77. The molecule has 1 heterocycles. The van der Waals surface area contributed by atoms with Gasteiger partial charge in [0.1, 0.15) is 0 Å². The first-order chi connectivity index (χ1) is 10.6. The van der Waals surface area contributed by atoms with Crippen LogP contribution in [0.4, 0.5) is 0 Å². The second-order valence-corrected chi connectivity index (χ2v) is 4.36. The summed E-state index contributed by atoms with van der Waals surface area (Å²) in [6.45, 7) is 1.39. The van der Waals surface area contributed by atoms with Gasteiger partial charge >= 0.3 is 11.9 Å². The Labute approximate surface area is 127 Å². The summed E-state index contributed by atoms with van der Waals surface area (Å²) in [5, 5.41) is 3.61. The predicted octanol–water partition coefficient (Wildman–Crippen LogP) is 1.56. The normalized spacial score (nSPS) is 15.3. The number of hydrogen-bond acceptors (Lipinski definition) is 7. The van der Waals surface area contributed by atoms with E-state index in [2.05, 4.69) is 14.7 Å². The zero-order valence-corrected chi connectivity index (χ0v) is 12.4. The molecule has 0 radical (unpaired) electrons. The Morgan fingerprint density at radius 3 is 2.73 bits per heavy atom. The number of esters is 1. The lowest BCUT2D eigenvalue weighted by Crippen LogP contribution is -2.13. The molecule has 0 aliphatic carbocycles. The topological polar surface area (TPSA) is 83.4 Å². The van der Waals surface area contributed by atoms with Crippen molar-refractivity contribution in [2.24, 2.45) is 5.16 Å². The van der Waals surface area contributed by atoms with Crippen molar-refractivity contribution in [1.29, 1.82) is 0 Å². The highest BCUT2D eigenvalue weighted by Crippen LogP contribution is 2.33. The SMILES string of the molecule is COC(=O)COc1c(/C=C2\C(=O)ON=C2C)cccc1OC. The Hall–Kier alpha value is -2.83. The van der Waals surface area contributed by atoms with E-state index in [0.717, 1.165) is 0 Å². The monoisotopic (exact) mass is 305 g/mol. The van der Waals surface area contributed by atoms with Crippen LogP contribution < -0.4 is 9.47 Å². The molecule has 0 atom stereocenters. The number of carbonyl (C=O) groups is 2. The van der Waals surface area contributed by atoms with E-state index < -0.39 is 11.9 Å². The summed E-state index contributed by atoms with van der Waals surface area (Å²) in [5.41, 5.74) is 1.34. The van der Waals surface area contributed by atoms with Crippen LogP contribution >= 0.6 is 0 Å². The van der Waals surface area contributed by atoms with Gasteiger partial charge in [-0.05, 0) is 19.1 Å². The van der Waals surface area contributed by atoms with Crippen molar-refractivity contribution < 1.29 is 28.6 Å². The van der Waals surface area contributed by atoms with Crippen LogP contribution in [0, 0.1) is 0 Å². The summed E-state index contributed by atoms with van der Waals surface area (Å²) >= 11 is 0. The van der Waals surface area contributed by atoms with Gasteiger partial charge in [0.25, 0.3) is 0 Å². The molecule has 7 nitrogen and oxygen atoms in total. The third-order valence-electron chi connectivity index (χ3n) is 2.97. The molecule has 116 valence electrons. The van der Waals surface area contributed by atoms with E-state index in [9.17, 15) is 9.59 Å². The minimum Gasteiger partial charge on any atom is -0.493 e. The average Bonchev–Trinajstić information content (AvgIpc) is 2.84. The Balaban J connectivity index is 2.38. The third kappa shape index (κ3) is 3.25. The standard InChI is InChI=1S/C15H15NO6/c1-9-11(15(18)22-16-9)7-10-5-4-6-12(19-2)14(10)21-8-13(17)20-3/h4-7H,8H2,1-3H3/b11-7-. The molecular weight excluding hydrogens is 290 g/mol. The van der Waals surface area contributed by atoms with E-state index >= 15 is 0 Å². The minimum atomic E-state index is -0.542. The molecule has 1 aliphatic rings. The van der Waals surface area contributed by atoms with E-state index in [-0.39, 0.29) is 6.61 Å². The van der Waals surface area contributed by atoms with Gasteiger partial charge in [0, 0.05) is 5.56 Å². The van der Waals surface area contributed by atoms with Crippen molar-refractivity contribution in [3.05, 3.63) is 29.3 Å². The van der Waals surface area contributed by atoms with E-state index in [1.54, 1.807) is 31.2 Å². The van der Waals surface area contributed by atoms with Crippen LogP contribution in [0.25, 0.3) is 6.08 Å². The highest BCUT2D eigenvalue weighted by molar-refractivity contribution is 6.24. The maximum absolute atomic E-state index is 11.6. The number of nitrogens with zero attached hydrogens (tertiary/aromatic N) is 1. The highest BCUT2D eigenvalue weighted by atomic mass is 16.7. The number of oxime groups is 1. The van der Waals surface area contributed by atoms with Gasteiger partial charge in [0.2, 0.25) is 0 Å². The first-order valence-corrected chi connectivity index (χ1v) is 6.41. The van der Waals surface area contributed by atoms with Crippen molar-refractivity contribution in [1.82, 2.24) is 0 Å². The quantitative estimate of drug-likeness (QED) is 0.466. The van der Waals surface area contributed by atoms with Crippen LogP contribution in [-0.2, 0) is 19.2 Å². The smallest absolute Gasteiger partial charge is 0.367 e. The zero-order valence-electron chi connectivity index (χ0n) is 12.4. The van der Waals surface area contributed by atoms with Crippen LogP contribution in [-0.4, -0.2) is 38.5 Å². The molecule has 2 rings (SSSR count). The molecule has 0 N–H and O–H groups in total. The Bertz CT molecular complexity index is 662. The molecule has 0 fully saturated rings. The predicted molar refractivity (Wildman–Crippen MR) is 77.7 cm³/mol. The Morgan fingerprint density at radius 1 is 1.36 bits per heavy atom. The van der Waals surface area contributed by atoms with Crippen LogP contribution in [0.2, 0.25) is 0 Å². The molecule has 1 aromatic rings. The number of rotatable bonds is 5. The van der Waals surface area contributed by atoms with Gasteiger partial charge in [-0.2, -0.15) is 0 Å². The lowest BCUT2D eigenvalue weighted by molar-refractivity contribution is -0.143. The lowest BCUT2D eigenvalue weighted by Gasteiger charge is -2.12. The van der Waals surface area contributed by atoms with Crippen LogP contribution in [0.3, 0.4) is 0 Å². The summed E-state index contributed by atoms with van der Waals surface area (Å²) in [7, 11) is 2.75. The molecule has 0 saturated carbocycles. The van der Waals surface area contributed by atoms with Crippen molar-refractivity contribution >= 4 is 23.7 Å². The molecule has 7 heteroatoms. The number of para-hydroxylation sites is 1. The first-order valence-electron chi connectivity index (χ1n) is 6.41. The molecular formula is C15H15NO6. The molecule has 1 aliphatic heterocycles. The summed E-state index contributed by atoms with van der Waals surface area (Å²) in [6, 6.07) is 5.15. The maximum atomic E-state index is 11.6. The molecule has 0 saturated heterocycles. The molecule has 22 heavy (non-hydrogen) atoms. The number of hydrogen-bond donors (Lipinski definition) is 0. The lowest BCUT2D eigenvalue weighted by atomic mass is 10.1. The van der Waals surface area contributed by atoms with Crippen molar-refractivity contribution in [2.75, 3.05) is 20.8 Å². The zero-order chi connectivity index (χ0) is 16.1. The number of ether oxygens (including phenoxy) is 3. The van der Waals surface area contributed by atoms with Crippen molar-refractivity contribution in [3.63, 3.8) is 0 Å². The van der Waals surface area contributed by atoms with Gasteiger partial charge in [-0.1, -0.05) is 17.3 Å². The van der Waals surface area contributed by atoms with Gasteiger partial charge in [-0.25, -0.2) is 9.59 Å². The van der Waals surface area contributed by atoms with E-state index in [0.29, 0.717) is 28.3 Å². The molecule has 0 unspecified atom stereocenters. The summed E-state index contributed by atoms with van der Waals surface area (Å²) in [5.74, 6) is -0.309. The van der Waals surface area contributed by atoms with Crippen LogP contribution in [0.15, 0.2) is 28.9 Å². The Morgan fingerprint density at radius 2 is 2.14 bits per heavy atom. The fraction of sp³-hybridized carbons (Fsp3) is 0.267. The highest BCUT2D eigenvalue weighted by Gasteiger charge is 2.23. The van der Waals surface area contributed by atoms with Gasteiger partial charge in [-0.15, -0.1) is 0 Å².